The molecule has 2 aliphatic rings. The molecule has 23 heavy (non-hydrogen) atoms. The van der Waals surface area contributed by atoms with Crippen LogP contribution in [0.25, 0.3) is 0 Å². The van der Waals surface area contributed by atoms with Gasteiger partial charge < -0.3 is 15.5 Å². The van der Waals surface area contributed by atoms with E-state index in [-0.39, 0.29) is 30.7 Å². The molecular formula is C17H27Cl2N3O. The summed E-state index contributed by atoms with van der Waals surface area (Å²) in [5.74, 6) is 0.170. The van der Waals surface area contributed by atoms with Gasteiger partial charge in [0.15, 0.2) is 0 Å². The van der Waals surface area contributed by atoms with Gasteiger partial charge in [-0.3, -0.25) is 4.79 Å². The van der Waals surface area contributed by atoms with Gasteiger partial charge in [0.2, 0.25) is 5.91 Å². The van der Waals surface area contributed by atoms with Crippen LogP contribution in [0, 0.1) is 6.92 Å². The number of nitrogens with zero attached hydrogens (tertiary/aromatic N) is 2. The average molecular weight is 360 g/mol. The minimum Gasteiger partial charge on any atom is -0.368 e. The van der Waals surface area contributed by atoms with Crippen LogP contribution in [0.2, 0.25) is 0 Å². The van der Waals surface area contributed by atoms with Crippen molar-refractivity contribution in [2.24, 2.45) is 5.73 Å². The fourth-order valence-electron chi connectivity index (χ4n) is 3.53. The lowest BCUT2D eigenvalue weighted by molar-refractivity contribution is -0.137. The van der Waals surface area contributed by atoms with Crippen LogP contribution in [0.1, 0.15) is 31.2 Å². The van der Waals surface area contributed by atoms with Crippen LogP contribution in [0.15, 0.2) is 24.3 Å². The highest BCUT2D eigenvalue weighted by atomic mass is 35.5. The van der Waals surface area contributed by atoms with Crippen molar-refractivity contribution in [1.82, 2.24) is 4.90 Å². The molecule has 0 unspecified atom stereocenters. The molecule has 0 spiro atoms. The highest BCUT2D eigenvalue weighted by Gasteiger charge is 2.40. The number of rotatable bonds is 2. The van der Waals surface area contributed by atoms with E-state index >= 15 is 0 Å². The van der Waals surface area contributed by atoms with Crippen molar-refractivity contribution in [3.63, 3.8) is 0 Å². The summed E-state index contributed by atoms with van der Waals surface area (Å²) in [5, 5.41) is 0. The van der Waals surface area contributed by atoms with Gasteiger partial charge in [0, 0.05) is 31.9 Å². The SMILES string of the molecule is Cc1cccc(N2CCN(C(=O)C3(N)CCCC3)CC2)c1.Cl.Cl. The quantitative estimate of drug-likeness (QED) is 0.882. The van der Waals surface area contributed by atoms with Gasteiger partial charge >= 0.3 is 0 Å². The molecule has 1 heterocycles. The number of amides is 1. The van der Waals surface area contributed by atoms with Crippen LogP contribution < -0.4 is 10.6 Å². The van der Waals surface area contributed by atoms with Crippen molar-refractivity contribution < 1.29 is 4.79 Å². The fraction of sp³-hybridized carbons (Fsp3) is 0.588. The molecule has 1 amide bonds. The maximum absolute atomic E-state index is 12.6. The lowest BCUT2D eigenvalue weighted by Crippen LogP contribution is -2.58. The third-order valence-corrected chi connectivity index (χ3v) is 4.86. The number of carbonyl (C=O) groups excluding carboxylic acids is 1. The molecular weight excluding hydrogens is 333 g/mol. The number of benzene rings is 1. The van der Waals surface area contributed by atoms with Gasteiger partial charge in [-0.15, -0.1) is 24.8 Å². The Hall–Kier alpha value is -0.970. The number of carbonyl (C=O) groups is 1. The van der Waals surface area contributed by atoms with Gasteiger partial charge in [-0.25, -0.2) is 0 Å². The van der Waals surface area contributed by atoms with Crippen LogP contribution in [-0.4, -0.2) is 42.5 Å². The summed E-state index contributed by atoms with van der Waals surface area (Å²) in [5.41, 5.74) is 8.25. The van der Waals surface area contributed by atoms with Crippen molar-refractivity contribution in [2.45, 2.75) is 38.1 Å². The first kappa shape index (κ1) is 20.1. The first-order chi connectivity index (χ1) is 10.1. The van der Waals surface area contributed by atoms with Crippen molar-refractivity contribution >= 4 is 36.4 Å². The molecule has 3 rings (SSSR count). The zero-order valence-electron chi connectivity index (χ0n) is 13.7. The summed E-state index contributed by atoms with van der Waals surface area (Å²) in [4.78, 5) is 16.9. The highest BCUT2D eigenvalue weighted by Crippen LogP contribution is 2.29. The smallest absolute Gasteiger partial charge is 0.242 e. The van der Waals surface area contributed by atoms with Crippen LogP contribution in [0.5, 0.6) is 0 Å². The molecule has 130 valence electrons. The van der Waals surface area contributed by atoms with Crippen molar-refractivity contribution in [3.05, 3.63) is 29.8 Å². The summed E-state index contributed by atoms with van der Waals surface area (Å²) < 4.78 is 0. The van der Waals surface area contributed by atoms with E-state index in [1.54, 1.807) is 0 Å². The molecule has 0 bridgehead atoms. The Kier molecular flexibility index (Phi) is 7.18. The van der Waals surface area contributed by atoms with Gasteiger partial charge in [0.25, 0.3) is 0 Å². The molecule has 2 N–H and O–H groups in total. The molecule has 0 radical (unpaired) electrons. The van der Waals surface area contributed by atoms with Crippen molar-refractivity contribution in [1.29, 1.82) is 0 Å². The third kappa shape index (κ3) is 4.31. The van der Waals surface area contributed by atoms with Crippen LogP contribution in [0.4, 0.5) is 5.69 Å². The Morgan fingerprint density at radius 1 is 1.09 bits per heavy atom. The lowest BCUT2D eigenvalue weighted by Gasteiger charge is -2.39. The van der Waals surface area contributed by atoms with Gasteiger partial charge in [0.1, 0.15) is 0 Å². The molecule has 4 nitrogen and oxygen atoms in total. The molecule has 1 aromatic carbocycles. The van der Waals surface area contributed by atoms with E-state index in [4.69, 9.17) is 5.73 Å². The summed E-state index contributed by atoms with van der Waals surface area (Å²) in [6, 6.07) is 8.56. The first-order valence-electron chi connectivity index (χ1n) is 7.98. The van der Waals surface area contributed by atoms with Crippen LogP contribution in [0.3, 0.4) is 0 Å². The number of nitrogens with two attached hydrogens (primary N) is 1. The zero-order valence-corrected chi connectivity index (χ0v) is 15.3. The molecule has 1 saturated heterocycles. The molecule has 1 saturated carbocycles. The van der Waals surface area contributed by atoms with Gasteiger partial charge in [-0.1, -0.05) is 25.0 Å². The van der Waals surface area contributed by atoms with Gasteiger partial charge in [-0.05, 0) is 37.5 Å². The predicted molar refractivity (Wildman–Crippen MR) is 99.9 cm³/mol. The first-order valence-corrected chi connectivity index (χ1v) is 7.98. The number of halogens is 2. The van der Waals surface area contributed by atoms with E-state index < -0.39 is 5.54 Å². The second kappa shape index (κ2) is 8.22. The van der Waals surface area contributed by atoms with E-state index in [0.29, 0.717) is 0 Å². The Morgan fingerprint density at radius 3 is 2.26 bits per heavy atom. The Morgan fingerprint density at radius 2 is 1.70 bits per heavy atom. The Labute approximate surface area is 151 Å². The number of aryl methyl sites for hydroxylation is 1. The summed E-state index contributed by atoms with van der Waals surface area (Å²) >= 11 is 0. The van der Waals surface area contributed by atoms with E-state index in [1.165, 1.54) is 11.3 Å². The molecule has 2 fully saturated rings. The second-order valence-corrected chi connectivity index (χ2v) is 6.48. The molecule has 0 aromatic heterocycles. The average Bonchev–Trinajstić information content (AvgIpc) is 2.95. The van der Waals surface area contributed by atoms with Crippen molar-refractivity contribution in [2.75, 3.05) is 31.1 Å². The lowest BCUT2D eigenvalue weighted by atomic mass is 9.97. The Balaban J connectivity index is 0.00000132. The van der Waals surface area contributed by atoms with Gasteiger partial charge in [-0.2, -0.15) is 0 Å². The highest BCUT2D eigenvalue weighted by molar-refractivity contribution is 5.86. The van der Waals surface area contributed by atoms with E-state index in [2.05, 4.69) is 36.1 Å². The zero-order chi connectivity index (χ0) is 14.9. The third-order valence-electron chi connectivity index (χ3n) is 4.86. The maximum Gasteiger partial charge on any atom is 0.242 e. The summed E-state index contributed by atoms with van der Waals surface area (Å²) in [7, 11) is 0. The number of hydrogen-bond acceptors (Lipinski definition) is 3. The van der Waals surface area contributed by atoms with E-state index in [0.717, 1.165) is 51.9 Å². The fourth-order valence-corrected chi connectivity index (χ4v) is 3.53. The van der Waals surface area contributed by atoms with Crippen molar-refractivity contribution in [3.8, 4) is 0 Å². The van der Waals surface area contributed by atoms with Gasteiger partial charge in [0.05, 0.1) is 5.54 Å². The normalized spacial score (nSPS) is 19.7. The summed E-state index contributed by atoms with van der Waals surface area (Å²) in [6.07, 6.45) is 3.88. The van der Waals surface area contributed by atoms with E-state index in [9.17, 15) is 4.79 Å². The minimum absolute atomic E-state index is 0. The van der Waals surface area contributed by atoms with Crippen LogP contribution in [-0.2, 0) is 4.79 Å². The molecule has 1 aromatic rings. The number of anilines is 1. The van der Waals surface area contributed by atoms with Crippen LogP contribution >= 0.6 is 24.8 Å². The largest absolute Gasteiger partial charge is 0.368 e. The standard InChI is InChI=1S/C17H25N3O.2ClH/c1-14-5-4-6-15(13-14)19-9-11-20(12-10-19)16(21)17(18)7-2-3-8-17;;/h4-6,13H,2-3,7-12,18H2,1H3;2*1H. The van der Waals surface area contributed by atoms with E-state index in [1.807, 2.05) is 4.90 Å². The topological polar surface area (TPSA) is 49.6 Å². The maximum atomic E-state index is 12.6. The Bertz CT molecular complexity index is 524. The minimum atomic E-state index is -0.578. The molecule has 0 atom stereocenters. The monoisotopic (exact) mass is 359 g/mol. The number of hydrogen-bond donors (Lipinski definition) is 1. The molecule has 1 aliphatic heterocycles. The second-order valence-electron chi connectivity index (χ2n) is 6.48. The summed E-state index contributed by atoms with van der Waals surface area (Å²) in [6.45, 7) is 5.47. The molecule has 6 heteroatoms. The molecule has 1 aliphatic carbocycles. The number of piperazine rings is 1. The predicted octanol–water partition coefficient (Wildman–Crippen LogP) is 2.76.